The molecule has 1 N–H and O–H groups in total. The number of carbonyl (C=O) groups excluding carboxylic acids is 1. The van der Waals surface area contributed by atoms with Crippen LogP contribution in [-0.4, -0.2) is 57.2 Å². The van der Waals surface area contributed by atoms with Crippen molar-refractivity contribution in [3.05, 3.63) is 47.8 Å². The van der Waals surface area contributed by atoms with Gasteiger partial charge in [0.15, 0.2) is 0 Å². The fourth-order valence-electron chi connectivity index (χ4n) is 2.97. The van der Waals surface area contributed by atoms with E-state index in [9.17, 15) is 4.79 Å². The molecular weight excluding hydrogens is 294 g/mol. The average Bonchev–Trinajstić information content (AvgIpc) is 3.27. The van der Waals surface area contributed by atoms with E-state index < -0.39 is 0 Å². The highest BCUT2D eigenvalue weighted by Gasteiger charge is 2.23. The average molecular weight is 311 g/mol. The second kappa shape index (κ2) is 5.85. The number of rotatable bonds is 3. The maximum atomic E-state index is 12.3. The number of piperazine rings is 1. The molecule has 23 heavy (non-hydrogen) atoms. The molecule has 0 saturated carbocycles. The lowest BCUT2D eigenvalue weighted by Gasteiger charge is -2.34. The normalized spacial score (nSPS) is 16.1. The Labute approximate surface area is 132 Å². The number of fused-ring (bicyclic) bond motifs is 1. The summed E-state index contributed by atoms with van der Waals surface area (Å²) in [4.78, 5) is 19.5. The third kappa shape index (κ3) is 2.70. The molecule has 7 heteroatoms. The minimum atomic E-state index is 0.0671. The number of hydrogen-bond donors (Lipinski definition) is 1. The van der Waals surface area contributed by atoms with Crippen LogP contribution in [0, 0.1) is 0 Å². The Bertz CT molecular complexity index is 803. The van der Waals surface area contributed by atoms with Gasteiger partial charge in [-0.25, -0.2) is 4.63 Å². The van der Waals surface area contributed by atoms with E-state index in [1.807, 2.05) is 35.2 Å². The largest absolute Gasteiger partial charge is 0.357 e. The summed E-state index contributed by atoms with van der Waals surface area (Å²) < 4.78 is 4.81. The fourth-order valence-corrected chi connectivity index (χ4v) is 2.97. The highest BCUT2D eigenvalue weighted by Crippen LogP contribution is 2.17. The van der Waals surface area contributed by atoms with Gasteiger partial charge in [-0.15, -0.1) is 0 Å². The van der Waals surface area contributed by atoms with Gasteiger partial charge in [0.05, 0.1) is 0 Å². The van der Waals surface area contributed by atoms with E-state index in [1.165, 1.54) is 0 Å². The quantitative estimate of drug-likeness (QED) is 0.793. The first-order valence-corrected chi connectivity index (χ1v) is 7.66. The van der Waals surface area contributed by atoms with Gasteiger partial charge in [-0.3, -0.25) is 9.69 Å². The molecule has 3 heterocycles. The summed E-state index contributed by atoms with van der Waals surface area (Å²) in [6.45, 7) is 3.92. The zero-order valence-corrected chi connectivity index (χ0v) is 12.6. The molecule has 3 aromatic rings. The Morgan fingerprint density at radius 2 is 2.00 bits per heavy atom. The molecule has 7 nitrogen and oxygen atoms in total. The first-order chi connectivity index (χ1) is 11.3. The highest BCUT2D eigenvalue weighted by atomic mass is 16.6. The van der Waals surface area contributed by atoms with Gasteiger partial charge in [-0.2, -0.15) is 0 Å². The lowest BCUT2D eigenvalue weighted by Crippen LogP contribution is -2.48. The maximum Gasteiger partial charge on any atom is 0.270 e. The van der Waals surface area contributed by atoms with Gasteiger partial charge < -0.3 is 9.88 Å². The number of aromatic nitrogens is 3. The molecule has 1 saturated heterocycles. The van der Waals surface area contributed by atoms with Crippen molar-refractivity contribution in [2.45, 2.75) is 6.54 Å². The SMILES string of the molecule is O=C(c1ccc[nH]1)N1CCN(Cc2cccc3nonc23)CC1. The van der Waals surface area contributed by atoms with Crippen molar-refractivity contribution in [2.75, 3.05) is 26.2 Å². The Morgan fingerprint density at radius 1 is 1.13 bits per heavy atom. The molecule has 0 spiro atoms. The van der Waals surface area contributed by atoms with Crippen molar-refractivity contribution < 1.29 is 9.42 Å². The van der Waals surface area contributed by atoms with E-state index in [-0.39, 0.29) is 5.91 Å². The molecule has 118 valence electrons. The number of nitrogens with one attached hydrogen (secondary N) is 1. The van der Waals surface area contributed by atoms with E-state index in [0.717, 1.165) is 49.3 Å². The number of aromatic amines is 1. The Hall–Kier alpha value is -2.67. The van der Waals surface area contributed by atoms with Gasteiger partial charge in [0.1, 0.15) is 16.7 Å². The molecule has 1 aromatic carbocycles. The van der Waals surface area contributed by atoms with Gasteiger partial charge in [0.2, 0.25) is 0 Å². The van der Waals surface area contributed by atoms with Crippen LogP contribution in [0.3, 0.4) is 0 Å². The van der Waals surface area contributed by atoms with Crippen LogP contribution in [0.1, 0.15) is 16.1 Å². The van der Waals surface area contributed by atoms with Gasteiger partial charge in [0, 0.05) is 38.9 Å². The first-order valence-electron chi connectivity index (χ1n) is 7.66. The van der Waals surface area contributed by atoms with Crippen LogP contribution < -0.4 is 0 Å². The summed E-state index contributed by atoms with van der Waals surface area (Å²) in [5.74, 6) is 0.0671. The van der Waals surface area contributed by atoms with Crippen molar-refractivity contribution >= 4 is 16.9 Å². The van der Waals surface area contributed by atoms with E-state index in [2.05, 4.69) is 20.2 Å². The number of hydrogen-bond acceptors (Lipinski definition) is 5. The van der Waals surface area contributed by atoms with Gasteiger partial charge in [-0.1, -0.05) is 12.1 Å². The molecule has 1 aliphatic heterocycles. The first kappa shape index (κ1) is 14.0. The minimum Gasteiger partial charge on any atom is -0.357 e. The number of carbonyl (C=O) groups is 1. The highest BCUT2D eigenvalue weighted by molar-refractivity contribution is 5.92. The maximum absolute atomic E-state index is 12.3. The van der Waals surface area contributed by atoms with Crippen LogP contribution in [0.2, 0.25) is 0 Å². The third-order valence-electron chi connectivity index (χ3n) is 4.25. The number of benzene rings is 1. The molecule has 0 unspecified atom stereocenters. The molecule has 4 rings (SSSR count). The van der Waals surface area contributed by atoms with Crippen molar-refractivity contribution in [1.29, 1.82) is 0 Å². The molecule has 0 atom stereocenters. The molecule has 1 aliphatic rings. The summed E-state index contributed by atoms with van der Waals surface area (Å²) in [7, 11) is 0. The zero-order valence-electron chi connectivity index (χ0n) is 12.6. The Morgan fingerprint density at radius 3 is 2.78 bits per heavy atom. The predicted molar refractivity (Wildman–Crippen MR) is 83.8 cm³/mol. The van der Waals surface area contributed by atoms with Crippen LogP contribution in [0.15, 0.2) is 41.2 Å². The van der Waals surface area contributed by atoms with Crippen molar-refractivity contribution in [3.63, 3.8) is 0 Å². The van der Waals surface area contributed by atoms with Gasteiger partial charge in [0.25, 0.3) is 5.91 Å². The summed E-state index contributed by atoms with van der Waals surface area (Å²) in [6, 6.07) is 9.56. The Kier molecular flexibility index (Phi) is 3.55. The Balaban J connectivity index is 1.40. The number of H-pyrrole nitrogens is 1. The van der Waals surface area contributed by atoms with Crippen LogP contribution in [-0.2, 0) is 6.54 Å². The van der Waals surface area contributed by atoms with Crippen LogP contribution in [0.4, 0.5) is 0 Å². The number of amides is 1. The van der Waals surface area contributed by atoms with E-state index in [4.69, 9.17) is 4.63 Å². The summed E-state index contributed by atoms with van der Waals surface area (Å²) >= 11 is 0. The molecule has 1 amide bonds. The smallest absolute Gasteiger partial charge is 0.270 e. The van der Waals surface area contributed by atoms with Crippen molar-refractivity contribution in [3.8, 4) is 0 Å². The van der Waals surface area contributed by atoms with Crippen LogP contribution >= 0.6 is 0 Å². The molecule has 0 bridgehead atoms. The molecular formula is C16H17N5O2. The van der Waals surface area contributed by atoms with Crippen LogP contribution in [0.25, 0.3) is 11.0 Å². The second-order valence-electron chi connectivity index (χ2n) is 5.70. The lowest BCUT2D eigenvalue weighted by atomic mass is 10.1. The van der Waals surface area contributed by atoms with Crippen molar-refractivity contribution in [1.82, 2.24) is 25.1 Å². The van der Waals surface area contributed by atoms with Gasteiger partial charge in [-0.05, 0) is 34.1 Å². The monoisotopic (exact) mass is 311 g/mol. The van der Waals surface area contributed by atoms with E-state index in [1.54, 1.807) is 6.20 Å². The molecule has 1 fully saturated rings. The summed E-state index contributed by atoms with van der Waals surface area (Å²) in [5, 5.41) is 7.85. The molecule has 0 radical (unpaired) electrons. The van der Waals surface area contributed by atoms with Crippen LogP contribution in [0.5, 0.6) is 0 Å². The lowest BCUT2D eigenvalue weighted by molar-refractivity contribution is 0.0624. The third-order valence-corrected chi connectivity index (χ3v) is 4.25. The van der Waals surface area contributed by atoms with Gasteiger partial charge >= 0.3 is 0 Å². The molecule has 2 aromatic heterocycles. The van der Waals surface area contributed by atoms with Crippen molar-refractivity contribution in [2.24, 2.45) is 0 Å². The second-order valence-corrected chi connectivity index (χ2v) is 5.70. The van der Waals surface area contributed by atoms with E-state index in [0.29, 0.717) is 5.69 Å². The zero-order chi connectivity index (χ0) is 15.6. The fraction of sp³-hybridized carbons (Fsp3) is 0.312. The number of nitrogens with zero attached hydrogens (tertiary/aromatic N) is 4. The summed E-state index contributed by atoms with van der Waals surface area (Å²) in [6.07, 6.45) is 1.77. The molecule has 0 aliphatic carbocycles. The topological polar surface area (TPSA) is 78.3 Å². The summed E-state index contributed by atoms with van der Waals surface area (Å²) in [5.41, 5.74) is 3.35. The predicted octanol–water partition coefficient (Wildman–Crippen LogP) is 1.51. The minimum absolute atomic E-state index is 0.0671. The standard InChI is InChI=1S/C16H17N5O2/c22-16(14-5-2-6-17-14)21-9-7-20(8-10-21)11-12-3-1-4-13-15(12)19-23-18-13/h1-6,17H,7-11H2. The van der Waals surface area contributed by atoms with E-state index >= 15 is 0 Å².